The molecule has 0 saturated heterocycles. The van der Waals surface area contributed by atoms with E-state index in [1.807, 2.05) is 20.8 Å². The number of hydrogen-bond donors (Lipinski definition) is 1. The van der Waals surface area contributed by atoms with Gasteiger partial charge >= 0.3 is 0 Å². The summed E-state index contributed by atoms with van der Waals surface area (Å²) in [5.41, 5.74) is 5.43. The minimum atomic E-state index is -0.749. The lowest BCUT2D eigenvalue weighted by Gasteiger charge is -2.22. The van der Waals surface area contributed by atoms with Crippen LogP contribution in [0.25, 0.3) is 0 Å². The maximum Gasteiger partial charge on any atom is 0.0631 e. The molecule has 0 aliphatic rings. The fourth-order valence-corrected chi connectivity index (χ4v) is 2.44. The molecule has 0 aliphatic heterocycles. The maximum absolute atomic E-state index is 11.5. The summed E-state index contributed by atoms with van der Waals surface area (Å²) in [5, 5.41) is 0. The van der Waals surface area contributed by atoms with E-state index in [0.717, 1.165) is 12.8 Å². The first-order chi connectivity index (χ1) is 6.37. The Morgan fingerprint density at radius 3 is 2.43 bits per heavy atom. The molecule has 0 saturated carbocycles. The van der Waals surface area contributed by atoms with E-state index in [1.165, 1.54) is 0 Å². The van der Waals surface area contributed by atoms with Gasteiger partial charge in [0.1, 0.15) is 0 Å². The predicted molar refractivity (Wildman–Crippen MR) is 61.8 cm³/mol. The van der Waals surface area contributed by atoms with Crippen LogP contribution in [-0.2, 0) is 15.5 Å². The first kappa shape index (κ1) is 14.1. The van der Waals surface area contributed by atoms with Crippen molar-refractivity contribution in [2.24, 2.45) is 5.73 Å². The van der Waals surface area contributed by atoms with Crippen LogP contribution in [0.1, 0.15) is 33.6 Å². The second kappa shape index (κ2) is 6.53. The minimum Gasteiger partial charge on any atom is -0.379 e. The molecule has 0 aliphatic carbocycles. The zero-order chi connectivity index (χ0) is 11.2. The van der Waals surface area contributed by atoms with Crippen molar-refractivity contribution in [1.82, 2.24) is 0 Å². The van der Waals surface area contributed by atoms with Crippen LogP contribution in [0.4, 0.5) is 0 Å². The normalized spacial score (nSPS) is 16.6. The fourth-order valence-electron chi connectivity index (χ4n) is 0.881. The number of hydrogen-bond acceptors (Lipinski definition) is 3. The molecule has 0 bridgehead atoms. The first-order valence-corrected chi connectivity index (χ1v) is 6.52. The van der Waals surface area contributed by atoms with Crippen molar-refractivity contribution in [3.05, 3.63) is 0 Å². The Balaban J connectivity index is 3.64. The third-order valence-corrected chi connectivity index (χ3v) is 3.64. The van der Waals surface area contributed by atoms with E-state index in [-0.39, 0.29) is 11.6 Å². The number of ether oxygens (including phenoxy) is 1. The van der Waals surface area contributed by atoms with Gasteiger partial charge in [-0.15, -0.1) is 0 Å². The van der Waals surface area contributed by atoms with Gasteiger partial charge < -0.3 is 10.5 Å². The van der Waals surface area contributed by atoms with E-state index < -0.39 is 10.8 Å². The molecule has 14 heavy (non-hydrogen) atoms. The van der Waals surface area contributed by atoms with Gasteiger partial charge in [0.15, 0.2) is 0 Å². The number of rotatable bonds is 7. The van der Waals surface area contributed by atoms with Gasteiger partial charge in [0, 0.05) is 35.5 Å². The summed E-state index contributed by atoms with van der Waals surface area (Å²) in [6, 6.07) is 0.148. The third-order valence-electron chi connectivity index (χ3n) is 2.29. The highest BCUT2D eigenvalue weighted by Gasteiger charge is 2.17. The van der Waals surface area contributed by atoms with Gasteiger partial charge in [0.05, 0.1) is 5.60 Å². The van der Waals surface area contributed by atoms with E-state index in [1.54, 1.807) is 7.11 Å². The minimum absolute atomic E-state index is 0.148. The predicted octanol–water partition coefficient (Wildman–Crippen LogP) is 1.29. The van der Waals surface area contributed by atoms with Crippen molar-refractivity contribution >= 4 is 10.8 Å². The second-order valence-corrected chi connectivity index (χ2v) is 6.02. The van der Waals surface area contributed by atoms with Crippen LogP contribution >= 0.6 is 0 Å². The molecule has 0 heterocycles. The molecule has 0 fully saturated rings. The lowest BCUT2D eigenvalue weighted by atomic mass is 10.1. The molecule has 0 amide bonds. The van der Waals surface area contributed by atoms with Crippen LogP contribution in [0.5, 0.6) is 0 Å². The Kier molecular flexibility index (Phi) is 6.57. The molecular weight excluding hydrogens is 198 g/mol. The smallest absolute Gasteiger partial charge is 0.0631 e. The highest BCUT2D eigenvalue weighted by molar-refractivity contribution is 7.84. The standard InChI is InChI=1S/C10H23NO2S/c1-9(11)5-7-14(12)8-6-10(2,3)13-4/h9H,5-8,11H2,1-4H3. The van der Waals surface area contributed by atoms with E-state index in [2.05, 4.69) is 0 Å². The van der Waals surface area contributed by atoms with Crippen molar-refractivity contribution in [3.63, 3.8) is 0 Å². The largest absolute Gasteiger partial charge is 0.379 e. The van der Waals surface area contributed by atoms with Gasteiger partial charge in [-0.3, -0.25) is 4.21 Å². The Morgan fingerprint density at radius 1 is 1.43 bits per heavy atom. The van der Waals surface area contributed by atoms with Gasteiger partial charge in [0.2, 0.25) is 0 Å². The molecule has 4 heteroatoms. The number of nitrogens with two attached hydrogens (primary N) is 1. The summed E-state index contributed by atoms with van der Waals surface area (Å²) < 4.78 is 16.8. The van der Waals surface area contributed by atoms with Crippen LogP contribution in [0.3, 0.4) is 0 Å². The van der Waals surface area contributed by atoms with Crippen LogP contribution in [-0.4, -0.2) is 34.5 Å². The molecule has 86 valence electrons. The Labute approximate surface area is 89.9 Å². The Hall–Kier alpha value is 0.0700. The van der Waals surface area contributed by atoms with Crippen molar-refractivity contribution in [2.45, 2.75) is 45.3 Å². The zero-order valence-corrected chi connectivity index (χ0v) is 10.5. The number of methoxy groups -OCH3 is 1. The van der Waals surface area contributed by atoms with Crippen molar-refractivity contribution in [2.75, 3.05) is 18.6 Å². The van der Waals surface area contributed by atoms with Gasteiger partial charge in [-0.1, -0.05) is 0 Å². The summed E-state index contributed by atoms with van der Waals surface area (Å²) in [6.07, 6.45) is 1.66. The van der Waals surface area contributed by atoms with E-state index in [0.29, 0.717) is 11.5 Å². The molecule has 2 unspecified atom stereocenters. The summed E-state index contributed by atoms with van der Waals surface area (Å²) in [6.45, 7) is 5.96. The summed E-state index contributed by atoms with van der Waals surface area (Å²) in [5.74, 6) is 1.41. The van der Waals surface area contributed by atoms with Crippen LogP contribution in [0, 0.1) is 0 Å². The van der Waals surface area contributed by atoms with Crippen molar-refractivity contribution < 1.29 is 8.95 Å². The lowest BCUT2D eigenvalue weighted by Crippen LogP contribution is -2.26. The average Bonchev–Trinajstić information content (AvgIpc) is 2.11. The van der Waals surface area contributed by atoms with Crippen LogP contribution < -0.4 is 5.73 Å². The Bertz CT molecular complexity index is 181. The summed E-state index contributed by atoms with van der Waals surface area (Å²) in [7, 11) is 0.937. The van der Waals surface area contributed by atoms with E-state index in [9.17, 15) is 4.21 Å². The highest BCUT2D eigenvalue weighted by atomic mass is 32.2. The quantitative estimate of drug-likeness (QED) is 0.705. The molecule has 2 N–H and O–H groups in total. The molecule has 2 atom stereocenters. The third kappa shape index (κ3) is 7.47. The van der Waals surface area contributed by atoms with Gasteiger partial charge in [-0.05, 0) is 33.6 Å². The zero-order valence-electron chi connectivity index (χ0n) is 9.71. The van der Waals surface area contributed by atoms with E-state index in [4.69, 9.17) is 10.5 Å². The van der Waals surface area contributed by atoms with Crippen LogP contribution in [0.15, 0.2) is 0 Å². The monoisotopic (exact) mass is 221 g/mol. The summed E-state index contributed by atoms with van der Waals surface area (Å²) >= 11 is 0. The van der Waals surface area contributed by atoms with Gasteiger partial charge in [0.25, 0.3) is 0 Å². The van der Waals surface area contributed by atoms with Crippen molar-refractivity contribution in [1.29, 1.82) is 0 Å². The molecular formula is C10H23NO2S. The highest BCUT2D eigenvalue weighted by Crippen LogP contribution is 2.13. The molecule has 0 radical (unpaired) electrons. The van der Waals surface area contributed by atoms with Gasteiger partial charge in [-0.25, -0.2) is 0 Å². The maximum atomic E-state index is 11.5. The SMILES string of the molecule is COC(C)(C)CCS(=O)CCC(C)N. The first-order valence-electron chi connectivity index (χ1n) is 5.03. The fraction of sp³-hybridized carbons (Fsp3) is 1.00. The molecule has 0 spiro atoms. The van der Waals surface area contributed by atoms with Gasteiger partial charge in [-0.2, -0.15) is 0 Å². The van der Waals surface area contributed by atoms with Crippen molar-refractivity contribution in [3.8, 4) is 0 Å². The topological polar surface area (TPSA) is 52.3 Å². The molecule has 0 aromatic heterocycles. The second-order valence-electron chi connectivity index (χ2n) is 4.33. The average molecular weight is 221 g/mol. The molecule has 3 nitrogen and oxygen atoms in total. The lowest BCUT2D eigenvalue weighted by molar-refractivity contribution is 0.0205. The van der Waals surface area contributed by atoms with E-state index >= 15 is 0 Å². The Morgan fingerprint density at radius 2 is 2.00 bits per heavy atom. The molecule has 0 aromatic rings. The summed E-state index contributed by atoms with van der Waals surface area (Å²) in [4.78, 5) is 0. The van der Waals surface area contributed by atoms with Crippen LogP contribution in [0.2, 0.25) is 0 Å². The molecule has 0 rings (SSSR count). The molecule has 0 aromatic carbocycles.